The molecule has 2 aromatic heterocycles. The van der Waals surface area contributed by atoms with Crippen LogP contribution in [0.4, 0.5) is 0 Å². The molecule has 0 radical (unpaired) electrons. The first-order valence-electron chi connectivity index (χ1n) is 10.6. The minimum absolute atomic E-state index is 0.0389. The predicted molar refractivity (Wildman–Crippen MR) is 123 cm³/mol. The van der Waals surface area contributed by atoms with Crippen LogP contribution < -0.4 is 4.74 Å². The third kappa shape index (κ3) is 4.38. The molecule has 7 heteroatoms. The first kappa shape index (κ1) is 20.3. The largest absolute Gasteiger partial charge is 0.489 e. The summed E-state index contributed by atoms with van der Waals surface area (Å²) in [5.41, 5.74) is 3.85. The van der Waals surface area contributed by atoms with Gasteiger partial charge in [-0.25, -0.2) is 0 Å². The van der Waals surface area contributed by atoms with Crippen molar-refractivity contribution < 1.29 is 14.3 Å². The highest BCUT2D eigenvalue weighted by molar-refractivity contribution is 7.12. The molecule has 1 aromatic carbocycles. The van der Waals surface area contributed by atoms with Crippen molar-refractivity contribution in [3.63, 3.8) is 0 Å². The summed E-state index contributed by atoms with van der Waals surface area (Å²) in [4.78, 5) is 30.6. The number of hydrogen-bond donors (Lipinski definition) is 0. The van der Waals surface area contributed by atoms with Crippen molar-refractivity contribution in [1.82, 2.24) is 9.80 Å². The van der Waals surface area contributed by atoms with Gasteiger partial charge in [-0.3, -0.25) is 9.59 Å². The van der Waals surface area contributed by atoms with Gasteiger partial charge in [-0.05, 0) is 65.4 Å². The van der Waals surface area contributed by atoms with E-state index < -0.39 is 0 Å². The third-order valence-corrected chi connectivity index (χ3v) is 7.75. The van der Waals surface area contributed by atoms with Crippen molar-refractivity contribution in [2.45, 2.75) is 25.9 Å². The Balaban J connectivity index is 1.15. The van der Waals surface area contributed by atoms with Gasteiger partial charge in [0.15, 0.2) is 0 Å². The van der Waals surface area contributed by atoms with Crippen molar-refractivity contribution in [1.29, 1.82) is 0 Å². The van der Waals surface area contributed by atoms with E-state index in [0.717, 1.165) is 27.5 Å². The summed E-state index contributed by atoms with van der Waals surface area (Å²) in [5, 5.41) is 3.91. The lowest BCUT2D eigenvalue weighted by Gasteiger charge is -2.34. The van der Waals surface area contributed by atoms with Crippen LogP contribution in [-0.4, -0.2) is 47.8 Å². The summed E-state index contributed by atoms with van der Waals surface area (Å²) in [6, 6.07) is 12.0. The zero-order valence-electron chi connectivity index (χ0n) is 17.2. The number of carbonyl (C=O) groups is 2. The molecule has 160 valence electrons. The Morgan fingerprint density at radius 2 is 1.61 bits per heavy atom. The van der Waals surface area contributed by atoms with Crippen LogP contribution in [0.3, 0.4) is 0 Å². The molecule has 0 spiro atoms. The zero-order chi connectivity index (χ0) is 21.2. The molecule has 1 fully saturated rings. The maximum Gasteiger partial charge on any atom is 0.264 e. The van der Waals surface area contributed by atoms with E-state index >= 15 is 0 Å². The average Bonchev–Trinajstić information content (AvgIpc) is 3.58. The Labute approximate surface area is 189 Å². The highest BCUT2D eigenvalue weighted by atomic mass is 32.1. The van der Waals surface area contributed by atoms with Crippen LogP contribution in [0.5, 0.6) is 5.75 Å². The molecule has 0 atom stereocenters. The summed E-state index contributed by atoms with van der Waals surface area (Å²) in [6.45, 7) is 2.74. The molecule has 3 aromatic rings. The lowest BCUT2D eigenvalue weighted by atomic mass is 10.1. The number of thiophene rings is 2. The molecule has 5 nitrogen and oxygen atoms in total. The van der Waals surface area contributed by atoms with E-state index in [1.54, 1.807) is 0 Å². The number of piperazine rings is 1. The minimum atomic E-state index is 0.0389. The van der Waals surface area contributed by atoms with Gasteiger partial charge in [0, 0.05) is 31.7 Å². The number of carbonyl (C=O) groups excluding carboxylic acids is 2. The fraction of sp³-hybridized carbons (Fsp3) is 0.333. The zero-order valence-corrected chi connectivity index (χ0v) is 18.8. The van der Waals surface area contributed by atoms with E-state index in [1.807, 2.05) is 44.8 Å². The maximum absolute atomic E-state index is 12.9. The van der Waals surface area contributed by atoms with E-state index in [9.17, 15) is 9.59 Å². The summed E-state index contributed by atoms with van der Waals surface area (Å²) < 4.78 is 5.97. The number of amides is 2. The standard InChI is InChI=1S/C24H24N2O3S2/c27-23(21-5-2-12-30-21)25-8-10-26(11-9-25)24(28)22-13-17(16-31-22)15-29-20-7-6-18-3-1-4-19(18)14-20/h2,5-7,12-14,16H,1,3-4,8-11,15H2. The van der Waals surface area contributed by atoms with E-state index in [2.05, 4.69) is 12.1 Å². The van der Waals surface area contributed by atoms with Crippen LogP contribution in [0.25, 0.3) is 0 Å². The SMILES string of the molecule is O=C(c1cccs1)N1CCN(C(=O)c2cc(COc3ccc4c(c3)CCC4)cs2)CC1. The molecule has 1 aliphatic heterocycles. The molecule has 1 aliphatic carbocycles. The van der Waals surface area contributed by atoms with E-state index in [-0.39, 0.29) is 11.8 Å². The molecule has 2 aliphatic rings. The highest BCUT2D eigenvalue weighted by Gasteiger charge is 2.26. The Morgan fingerprint density at radius 3 is 2.35 bits per heavy atom. The molecule has 2 amide bonds. The quantitative estimate of drug-likeness (QED) is 0.574. The first-order valence-corrected chi connectivity index (χ1v) is 12.4. The van der Waals surface area contributed by atoms with Gasteiger partial charge in [0.1, 0.15) is 12.4 Å². The molecular weight excluding hydrogens is 428 g/mol. The molecule has 5 rings (SSSR count). The normalized spacial score (nSPS) is 15.7. The van der Waals surface area contributed by atoms with Crippen LogP contribution in [0.15, 0.2) is 47.2 Å². The van der Waals surface area contributed by atoms with Gasteiger partial charge in [-0.15, -0.1) is 22.7 Å². The number of nitrogens with zero attached hydrogens (tertiary/aromatic N) is 2. The van der Waals surface area contributed by atoms with Crippen molar-refractivity contribution in [3.05, 3.63) is 73.6 Å². The third-order valence-electron chi connectivity index (χ3n) is 5.93. The maximum atomic E-state index is 12.9. The van der Waals surface area contributed by atoms with E-state index in [0.29, 0.717) is 32.8 Å². The van der Waals surface area contributed by atoms with Crippen LogP contribution in [0, 0.1) is 0 Å². The Hall–Kier alpha value is -2.64. The van der Waals surface area contributed by atoms with Crippen molar-refractivity contribution in [3.8, 4) is 5.75 Å². The average molecular weight is 453 g/mol. The molecule has 31 heavy (non-hydrogen) atoms. The number of ether oxygens (including phenoxy) is 1. The van der Waals surface area contributed by atoms with Gasteiger partial charge in [-0.2, -0.15) is 0 Å². The van der Waals surface area contributed by atoms with Crippen LogP contribution in [0.2, 0.25) is 0 Å². The number of hydrogen-bond acceptors (Lipinski definition) is 5. The molecular formula is C24H24N2O3S2. The summed E-state index contributed by atoms with van der Waals surface area (Å²) in [6.07, 6.45) is 3.53. The molecule has 3 heterocycles. The van der Waals surface area contributed by atoms with Gasteiger partial charge in [0.2, 0.25) is 0 Å². The van der Waals surface area contributed by atoms with Crippen LogP contribution in [0.1, 0.15) is 42.5 Å². The predicted octanol–water partition coefficient (Wildman–Crippen LogP) is 4.48. The Kier molecular flexibility index (Phi) is 5.78. The summed E-state index contributed by atoms with van der Waals surface area (Å²) in [5.74, 6) is 0.993. The lowest BCUT2D eigenvalue weighted by Crippen LogP contribution is -2.50. The molecule has 0 bridgehead atoms. The van der Waals surface area contributed by atoms with Gasteiger partial charge in [0.05, 0.1) is 9.75 Å². The van der Waals surface area contributed by atoms with Crippen molar-refractivity contribution in [2.24, 2.45) is 0 Å². The van der Waals surface area contributed by atoms with Gasteiger partial charge in [0.25, 0.3) is 11.8 Å². The van der Waals surface area contributed by atoms with Gasteiger partial charge < -0.3 is 14.5 Å². The Morgan fingerprint density at radius 1 is 0.871 bits per heavy atom. The highest BCUT2D eigenvalue weighted by Crippen LogP contribution is 2.27. The number of rotatable bonds is 5. The first-order chi connectivity index (χ1) is 15.2. The molecule has 0 unspecified atom stereocenters. The second kappa shape index (κ2) is 8.85. The van der Waals surface area contributed by atoms with E-state index in [1.165, 1.54) is 46.6 Å². The fourth-order valence-corrected chi connectivity index (χ4v) is 5.75. The monoisotopic (exact) mass is 452 g/mol. The molecule has 1 saturated heterocycles. The second-order valence-corrected chi connectivity index (χ2v) is 9.81. The Bertz CT molecular complexity index is 1080. The number of fused-ring (bicyclic) bond motifs is 1. The lowest BCUT2D eigenvalue weighted by molar-refractivity contribution is 0.0540. The van der Waals surface area contributed by atoms with Gasteiger partial charge >= 0.3 is 0 Å². The smallest absolute Gasteiger partial charge is 0.264 e. The summed E-state index contributed by atoms with van der Waals surface area (Å²) in [7, 11) is 0. The molecule has 0 N–H and O–H groups in total. The topological polar surface area (TPSA) is 49.9 Å². The van der Waals surface area contributed by atoms with E-state index in [4.69, 9.17) is 4.74 Å². The number of aryl methyl sites for hydroxylation is 2. The van der Waals surface area contributed by atoms with Gasteiger partial charge in [-0.1, -0.05) is 12.1 Å². The van der Waals surface area contributed by atoms with Crippen LogP contribution >= 0.6 is 22.7 Å². The summed E-state index contributed by atoms with van der Waals surface area (Å²) >= 11 is 2.92. The van der Waals surface area contributed by atoms with Crippen molar-refractivity contribution in [2.75, 3.05) is 26.2 Å². The number of benzene rings is 1. The van der Waals surface area contributed by atoms with Crippen LogP contribution in [-0.2, 0) is 19.4 Å². The minimum Gasteiger partial charge on any atom is -0.489 e. The second-order valence-electron chi connectivity index (χ2n) is 7.95. The van der Waals surface area contributed by atoms with Crippen molar-refractivity contribution >= 4 is 34.5 Å². The molecule has 0 saturated carbocycles. The fourth-order valence-electron chi connectivity index (χ4n) is 4.19.